The number of carbonyl (C=O) groups excluding carboxylic acids is 1. The molecule has 0 saturated carbocycles. The van der Waals surface area contributed by atoms with Crippen LogP contribution in [0.4, 0.5) is 5.69 Å². The zero-order valence-electron chi connectivity index (χ0n) is 12.7. The lowest BCUT2D eigenvalue weighted by molar-refractivity contribution is 0.0977. The number of amides is 1. The predicted octanol–water partition coefficient (Wildman–Crippen LogP) is 3.44. The first-order valence-electron chi connectivity index (χ1n) is 6.86. The van der Waals surface area contributed by atoms with Crippen LogP contribution < -0.4 is 10.6 Å². The van der Waals surface area contributed by atoms with Gasteiger partial charge in [-0.15, -0.1) is 0 Å². The van der Waals surface area contributed by atoms with Crippen LogP contribution in [0, 0.1) is 20.8 Å². The number of thiocarbonyl (C=S) groups is 1. The minimum atomic E-state index is -0.284. The molecule has 1 amide bonds. The highest BCUT2D eigenvalue weighted by molar-refractivity contribution is 7.80. The number of carbonyl (C=O) groups is 1. The number of rotatable bonds is 2. The van der Waals surface area contributed by atoms with Gasteiger partial charge >= 0.3 is 0 Å². The van der Waals surface area contributed by atoms with Gasteiger partial charge in [-0.05, 0) is 73.9 Å². The molecule has 22 heavy (non-hydrogen) atoms. The highest BCUT2D eigenvalue weighted by Gasteiger charge is 2.10. The molecule has 3 N–H and O–H groups in total. The molecule has 0 unspecified atom stereocenters. The quantitative estimate of drug-likeness (QED) is 0.587. The Bertz CT molecular complexity index is 741. The predicted molar refractivity (Wildman–Crippen MR) is 92.4 cm³/mol. The topological polar surface area (TPSA) is 61.4 Å². The van der Waals surface area contributed by atoms with E-state index in [4.69, 9.17) is 12.2 Å². The molecule has 0 fully saturated rings. The Morgan fingerprint density at radius 1 is 1.05 bits per heavy atom. The molecule has 0 aliphatic heterocycles. The molecule has 0 spiro atoms. The van der Waals surface area contributed by atoms with E-state index in [2.05, 4.69) is 10.6 Å². The van der Waals surface area contributed by atoms with Gasteiger partial charge in [-0.25, -0.2) is 0 Å². The Labute approximate surface area is 135 Å². The number of aromatic hydroxyl groups is 1. The van der Waals surface area contributed by atoms with E-state index in [1.54, 1.807) is 24.3 Å². The van der Waals surface area contributed by atoms with Crippen molar-refractivity contribution in [2.75, 3.05) is 5.32 Å². The van der Waals surface area contributed by atoms with E-state index in [-0.39, 0.29) is 16.8 Å². The number of nitrogens with one attached hydrogen (secondary N) is 2. The summed E-state index contributed by atoms with van der Waals surface area (Å²) in [6, 6.07) is 10.6. The van der Waals surface area contributed by atoms with Gasteiger partial charge in [-0.1, -0.05) is 12.1 Å². The molecular weight excluding hydrogens is 296 g/mol. The first-order chi connectivity index (χ1) is 10.4. The molecule has 0 saturated heterocycles. The lowest BCUT2D eigenvalue weighted by atomic mass is 10.1. The van der Waals surface area contributed by atoms with Crippen LogP contribution in [0.25, 0.3) is 0 Å². The molecule has 0 heterocycles. The van der Waals surface area contributed by atoms with Crippen molar-refractivity contribution < 1.29 is 9.90 Å². The summed E-state index contributed by atoms with van der Waals surface area (Å²) in [7, 11) is 0. The third-order valence-electron chi connectivity index (χ3n) is 3.40. The fourth-order valence-electron chi connectivity index (χ4n) is 1.96. The van der Waals surface area contributed by atoms with Crippen molar-refractivity contribution in [3.63, 3.8) is 0 Å². The van der Waals surface area contributed by atoms with Gasteiger partial charge in [0.25, 0.3) is 5.91 Å². The van der Waals surface area contributed by atoms with Crippen LogP contribution in [0.15, 0.2) is 36.4 Å². The van der Waals surface area contributed by atoms with Crippen LogP contribution in [0.2, 0.25) is 0 Å². The Morgan fingerprint density at radius 2 is 1.77 bits per heavy atom. The fraction of sp³-hybridized carbons (Fsp3) is 0.176. The van der Waals surface area contributed by atoms with Crippen molar-refractivity contribution in [1.29, 1.82) is 0 Å². The van der Waals surface area contributed by atoms with E-state index in [0.717, 1.165) is 16.7 Å². The fourth-order valence-corrected chi connectivity index (χ4v) is 2.16. The largest absolute Gasteiger partial charge is 0.506 e. The highest BCUT2D eigenvalue weighted by Crippen LogP contribution is 2.23. The van der Waals surface area contributed by atoms with Gasteiger partial charge in [-0.3, -0.25) is 10.1 Å². The van der Waals surface area contributed by atoms with Crippen LogP contribution in [0.5, 0.6) is 5.75 Å². The Kier molecular flexibility index (Phi) is 4.78. The molecule has 0 aliphatic carbocycles. The number of hydrogen-bond acceptors (Lipinski definition) is 3. The van der Waals surface area contributed by atoms with E-state index >= 15 is 0 Å². The molecule has 4 nitrogen and oxygen atoms in total. The van der Waals surface area contributed by atoms with Crippen molar-refractivity contribution in [1.82, 2.24) is 5.32 Å². The number of phenols is 1. The molecule has 0 radical (unpaired) electrons. The summed E-state index contributed by atoms with van der Waals surface area (Å²) in [5, 5.41) is 15.3. The van der Waals surface area contributed by atoms with Crippen molar-refractivity contribution in [3.05, 3.63) is 58.7 Å². The zero-order chi connectivity index (χ0) is 16.3. The summed E-state index contributed by atoms with van der Waals surface area (Å²) in [6.45, 7) is 5.85. The van der Waals surface area contributed by atoms with Crippen molar-refractivity contribution in [3.8, 4) is 5.75 Å². The van der Waals surface area contributed by atoms with Gasteiger partial charge in [0.2, 0.25) is 0 Å². The maximum absolute atomic E-state index is 12.2. The van der Waals surface area contributed by atoms with Gasteiger partial charge in [0, 0.05) is 5.56 Å². The molecule has 2 aromatic carbocycles. The smallest absolute Gasteiger partial charge is 0.257 e. The van der Waals surface area contributed by atoms with Gasteiger partial charge in [0.15, 0.2) is 5.11 Å². The summed E-state index contributed by atoms with van der Waals surface area (Å²) in [5.74, 6) is -0.207. The summed E-state index contributed by atoms with van der Waals surface area (Å²) in [4.78, 5) is 12.2. The molecule has 0 aliphatic rings. The summed E-state index contributed by atoms with van der Waals surface area (Å²) in [5.41, 5.74) is 4.15. The Morgan fingerprint density at radius 3 is 2.45 bits per heavy atom. The maximum atomic E-state index is 12.2. The summed E-state index contributed by atoms with van der Waals surface area (Å²) < 4.78 is 0. The standard InChI is InChI=1S/C17H18N2O2S/c1-10-4-7-15(20)14(8-10)18-17(22)19-16(21)13-6-5-11(2)12(3)9-13/h4-9,20H,1-3H3,(H2,18,19,21,22). The minimum Gasteiger partial charge on any atom is -0.506 e. The number of anilines is 1. The second-order valence-electron chi connectivity index (χ2n) is 5.23. The van der Waals surface area contributed by atoms with Crippen molar-refractivity contribution in [2.24, 2.45) is 0 Å². The monoisotopic (exact) mass is 314 g/mol. The van der Waals surface area contributed by atoms with E-state index in [9.17, 15) is 9.90 Å². The molecule has 114 valence electrons. The lowest BCUT2D eigenvalue weighted by Gasteiger charge is -2.12. The van der Waals surface area contributed by atoms with Gasteiger partial charge in [0.1, 0.15) is 5.75 Å². The summed E-state index contributed by atoms with van der Waals surface area (Å²) in [6.07, 6.45) is 0. The third kappa shape index (κ3) is 3.83. The molecule has 2 rings (SSSR count). The van der Waals surface area contributed by atoms with Gasteiger partial charge in [-0.2, -0.15) is 0 Å². The highest BCUT2D eigenvalue weighted by atomic mass is 32.1. The normalized spacial score (nSPS) is 10.1. The minimum absolute atomic E-state index is 0.0772. The lowest BCUT2D eigenvalue weighted by Crippen LogP contribution is -2.34. The van der Waals surface area contributed by atoms with Gasteiger partial charge in [0.05, 0.1) is 5.69 Å². The molecule has 2 aromatic rings. The van der Waals surface area contributed by atoms with E-state index in [1.807, 2.05) is 32.9 Å². The first-order valence-corrected chi connectivity index (χ1v) is 7.27. The molecule has 0 atom stereocenters. The number of hydrogen-bond donors (Lipinski definition) is 3. The average molecular weight is 314 g/mol. The zero-order valence-corrected chi connectivity index (χ0v) is 13.5. The molecule has 0 bridgehead atoms. The van der Waals surface area contributed by atoms with E-state index in [0.29, 0.717) is 11.3 Å². The maximum Gasteiger partial charge on any atom is 0.257 e. The van der Waals surface area contributed by atoms with Crippen LogP contribution in [-0.4, -0.2) is 16.1 Å². The summed E-state index contributed by atoms with van der Waals surface area (Å²) >= 11 is 5.12. The average Bonchev–Trinajstić information content (AvgIpc) is 2.45. The SMILES string of the molecule is Cc1ccc(O)c(NC(=S)NC(=O)c2ccc(C)c(C)c2)c1. The van der Waals surface area contributed by atoms with E-state index < -0.39 is 0 Å². The Balaban J connectivity index is 2.06. The molecule has 5 heteroatoms. The van der Waals surface area contributed by atoms with Crippen LogP contribution in [0.3, 0.4) is 0 Å². The number of phenolic OH excluding ortho intramolecular Hbond substituents is 1. The Hall–Kier alpha value is -2.40. The van der Waals surface area contributed by atoms with Crippen molar-refractivity contribution in [2.45, 2.75) is 20.8 Å². The molecular formula is C17H18N2O2S. The van der Waals surface area contributed by atoms with Crippen LogP contribution in [0.1, 0.15) is 27.0 Å². The van der Waals surface area contributed by atoms with Crippen LogP contribution >= 0.6 is 12.2 Å². The van der Waals surface area contributed by atoms with E-state index in [1.165, 1.54) is 0 Å². The van der Waals surface area contributed by atoms with Crippen LogP contribution in [-0.2, 0) is 0 Å². The molecule has 0 aromatic heterocycles. The second-order valence-corrected chi connectivity index (χ2v) is 5.64. The number of aryl methyl sites for hydroxylation is 3. The number of benzene rings is 2. The first kappa shape index (κ1) is 16.0. The third-order valence-corrected chi connectivity index (χ3v) is 3.60. The van der Waals surface area contributed by atoms with Crippen molar-refractivity contribution >= 4 is 28.9 Å². The second kappa shape index (κ2) is 6.58. The van der Waals surface area contributed by atoms with Gasteiger partial charge < -0.3 is 10.4 Å².